The summed E-state index contributed by atoms with van der Waals surface area (Å²) < 4.78 is 5.83. The van der Waals surface area contributed by atoms with Crippen LogP contribution in [0, 0.1) is 16.6 Å². The highest BCUT2D eigenvalue weighted by molar-refractivity contribution is 14.1. The van der Waals surface area contributed by atoms with Gasteiger partial charge in [-0.15, -0.1) is 0 Å². The van der Waals surface area contributed by atoms with Gasteiger partial charge in [-0.2, -0.15) is 0 Å². The predicted octanol–water partition coefficient (Wildman–Crippen LogP) is 4.49. The molecule has 1 aromatic carbocycles. The van der Waals surface area contributed by atoms with Gasteiger partial charge in [0.1, 0.15) is 0 Å². The van der Waals surface area contributed by atoms with Crippen LogP contribution in [-0.2, 0) is 16.0 Å². The van der Waals surface area contributed by atoms with E-state index in [1.807, 2.05) is 35.9 Å². The molecule has 1 rings (SSSR count). The number of anilines is 1. The van der Waals surface area contributed by atoms with Crippen molar-refractivity contribution >= 4 is 108 Å². The largest absolute Gasteiger partial charge is 0.324 e. The number of hydrogen-bond acceptors (Lipinski definition) is 2. The lowest BCUT2D eigenvalue weighted by molar-refractivity contribution is -0.122. The zero-order valence-corrected chi connectivity index (χ0v) is 20.0. The van der Waals surface area contributed by atoms with Crippen molar-refractivity contribution in [2.45, 2.75) is 26.7 Å². The zero-order valence-electron chi connectivity index (χ0n) is 11.4. The number of benzene rings is 1. The summed E-state index contributed by atoms with van der Waals surface area (Å²) in [7, 11) is 0. The molecule has 4 nitrogen and oxygen atoms in total. The Morgan fingerprint density at radius 2 is 1.86 bits per heavy atom. The molecule has 0 saturated carbocycles. The van der Waals surface area contributed by atoms with Crippen LogP contribution in [0.3, 0.4) is 0 Å². The quantitative estimate of drug-likeness (QED) is 0.346. The fourth-order valence-corrected chi connectivity index (χ4v) is 6.38. The molecule has 1 atom stereocenters. The Labute approximate surface area is 179 Å². The maximum absolute atomic E-state index is 11.9. The number of carbonyl (C=O) groups is 2. The molecule has 0 spiro atoms. The molecule has 0 fully saturated rings. The van der Waals surface area contributed by atoms with E-state index in [1.54, 1.807) is 0 Å². The summed E-state index contributed by atoms with van der Waals surface area (Å²) in [6, 6.07) is 2.04. The lowest BCUT2D eigenvalue weighted by Gasteiger charge is -2.18. The highest BCUT2D eigenvalue weighted by Crippen LogP contribution is 2.33. The first-order valence-electron chi connectivity index (χ1n) is 6.16. The van der Waals surface area contributed by atoms with Crippen molar-refractivity contribution in [1.29, 1.82) is 0 Å². The third-order valence-corrected chi connectivity index (χ3v) is 6.51. The van der Waals surface area contributed by atoms with Gasteiger partial charge in [0.05, 0.1) is 28.6 Å². The van der Waals surface area contributed by atoms with Gasteiger partial charge in [0.25, 0.3) is 0 Å². The van der Waals surface area contributed by atoms with E-state index >= 15 is 0 Å². The summed E-state index contributed by atoms with van der Waals surface area (Å²) >= 11 is 8.64. The Hall–Kier alpha value is 1.08. The van der Waals surface area contributed by atoms with Gasteiger partial charge < -0.3 is 5.32 Å². The van der Waals surface area contributed by atoms with Crippen molar-refractivity contribution in [3.63, 3.8) is 0 Å². The average Bonchev–Trinajstić information content (AvgIpc) is 2.42. The molecular formula is C13H14I4N2O2. The molecule has 21 heavy (non-hydrogen) atoms. The predicted molar refractivity (Wildman–Crippen MR) is 119 cm³/mol. The number of hydrogen-bond donors (Lipinski definition) is 2. The Morgan fingerprint density at radius 3 is 2.33 bits per heavy atom. The van der Waals surface area contributed by atoms with Crippen LogP contribution in [0.15, 0.2) is 6.07 Å². The fourth-order valence-electron chi connectivity index (χ4n) is 1.85. The zero-order chi connectivity index (χ0) is 16.2. The van der Waals surface area contributed by atoms with Crippen molar-refractivity contribution in [3.05, 3.63) is 22.3 Å². The van der Waals surface area contributed by atoms with E-state index in [4.69, 9.17) is 0 Å². The van der Waals surface area contributed by atoms with E-state index in [0.29, 0.717) is 6.42 Å². The molecule has 0 aliphatic rings. The van der Waals surface area contributed by atoms with Gasteiger partial charge in [-0.3, -0.25) is 13.1 Å². The van der Waals surface area contributed by atoms with Crippen LogP contribution in [0.2, 0.25) is 0 Å². The first-order chi connectivity index (χ1) is 9.81. The molecule has 2 amide bonds. The smallest absolute Gasteiger partial charge is 0.232 e. The minimum Gasteiger partial charge on any atom is -0.324 e. The fraction of sp³-hybridized carbons (Fsp3) is 0.385. The molecule has 0 aliphatic carbocycles. The van der Waals surface area contributed by atoms with E-state index in [0.717, 1.165) is 28.4 Å². The molecule has 116 valence electrons. The normalized spacial score (nSPS) is 11.9. The van der Waals surface area contributed by atoms with Gasteiger partial charge in [-0.1, -0.05) is 6.92 Å². The topological polar surface area (TPSA) is 58.2 Å². The molecule has 0 saturated heterocycles. The lowest BCUT2D eigenvalue weighted by atomic mass is 9.96. The van der Waals surface area contributed by atoms with Gasteiger partial charge in [0.15, 0.2) is 0 Å². The van der Waals surface area contributed by atoms with Crippen LogP contribution < -0.4 is 8.85 Å². The van der Waals surface area contributed by atoms with E-state index in [1.165, 1.54) is 6.92 Å². The van der Waals surface area contributed by atoms with Gasteiger partial charge in [0, 0.05) is 23.6 Å². The van der Waals surface area contributed by atoms with Crippen molar-refractivity contribution in [2.24, 2.45) is 5.92 Å². The molecule has 8 heteroatoms. The first kappa shape index (κ1) is 20.1. The van der Waals surface area contributed by atoms with E-state index in [2.05, 4.69) is 76.6 Å². The molecule has 0 radical (unpaired) electrons. The van der Waals surface area contributed by atoms with Gasteiger partial charge in [-0.05, 0) is 92.2 Å². The number of rotatable bonds is 5. The summed E-state index contributed by atoms with van der Waals surface area (Å²) in [6.07, 6.45) is 1.45. The molecule has 1 aromatic rings. The molecule has 1 unspecified atom stereocenters. The summed E-state index contributed by atoms with van der Waals surface area (Å²) in [5.74, 6) is -0.103. The SMILES string of the molecule is CCC(Cc1c(I)cc(I)c(NC(C)=O)c1I)C(=O)NI. The number of carbonyl (C=O) groups excluding carboxylic acids is 2. The average molecular weight is 738 g/mol. The van der Waals surface area contributed by atoms with Gasteiger partial charge in [-0.25, -0.2) is 0 Å². The molecule has 2 N–H and O–H groups in total. The Bertz CT molecular complexity index is 564. The number of halogens is 4. The van der Waals surface area contributed by atoms with Crippen LogP contribution in [0.5, 0.6) is 0 Å². The van der Waals surface area contributed by atoms with Crippen LogP contribution in [0.25, 0.3) is 0 Å². The molecule has 0 heterocycles. The van der Waals surface area contributed by atoms with Crippen LogP contribution in [0.4, 0.5) is 5.69 Å². The Kier molecular flexibility index (Phi) is 9.00. The molecular weight excluding hydrogens is 724 g/mol. The Morgan fingerprint density at radius 1 is 1.24 bits per heavy atom. The number of nitrogens with one attached hydrogen (secondary N) is 2. The van der Waals surface area contributed by atoms with Crippen molar-refractivity contribution < 1.29 is 9.59 Å². The van der Waals surface area contributed by atoms with Gasteiger partial charge >= 0.3 is 0 Å². The minimum absolute atomic E-state index is 0.0457. The maximum atomic E-state index is 11.9. The standard InChI is InChI=1S/C13H14I4N2O2/c1-3-7(13(21)19-17)4-8-9(14)5-10(15)12(11(8)16)18-6(2)20/h5,7H,3-4H2,1-2H3,(H,18,20)(H,19,21). The van der Waals surface area contributed by atoms with E-state index in [-0.39, 0.29) is 17.7 Å². The van der Waals surface area contributed by atoms with E-state index in [9.17, 15) is 9.59 Å². The first-order valence-corrected chi connectivity index (χ1v) is 10.5. The number of amides is 2. The minimum atomic E-state index is -0.0879. The monoisotopic (exact) mass is 738 g/mol. The highest BCUT2D eigenvalue weighted by atomic mass is 127. The van der Waals surface area contributed by atoms with Crippen LogP contribution in [0.1, 0.15) is 25.8 Å². The maximum Gasteiger partial charge on any atom is 0.232 e. The molecule has 0 aromatic heterocycles. The summed E-state index contributed by atoms with van der Waals surface area (Å²) in [4.78, 5) is 23.3. The van der Waals surface area contributed by atoms with Gasteiger partial charge in [0.2, 0.25) is 11.8 Å². The van der Waals surface area contributed by atoms with Crippen LogP contribution in [-0.4, -0.2) is 11.8 Å². The van der Waals surface area contributed by atoms with E-state index < -0.39 is 0 Å². The molecule has 0 bridgehead atoms. The Balaban J connectivity index is 3.23. The van der Waals surface area contributed by atoms with Crippen molar-refractivity contribution in [2.75, 3.05) is 5.32 Å². The van der Waals surface area contributed by atoms with Crippen molar-refractivity contribution in [3.8, 4) is 0 Å². The summed E-state index contributed by atoms with van der Waals surface area (Å²) in [5, 5.41) is 2.88. The third-order valence-electron chi connectivity index (χ3n) is 2.97. The molecule has 0 aliphatic heterocycles. The second-order valence-corrected chi connectivity index (χ2v) is 8.40. The second kappa shape index (κ2) is 9.39. The summed E-state index contributed by atoms with van der Waals surface area (Å²) in [5.41, 5.74) is 1.95. The lowest BCUT2D eigenvalue weighted by Crippen LogP contribution is -2.25. The highest BCUT2D eigenvalue weighted by Gasteiger charge is 2.21. The van der Waals surface area contributed by atoms with Crippen molar-refractivity contribution in [1.82, 2.24) is 3.53 Å². The third kappa shape index (κ3) is 5.58. The van der Waals surface area contributed by atoms with Crippen LogP contribution >= 0.6 is 90.6 Å². The second-order valence-electron chi connectivity index (χ2n) is 4.46. The summed E-state index contributed by atoms with van der Waals surface area (Å²) in [6.45, 7) is 3.51.